The first-order chi connectivity index (χ1) is 10.0. The van der Waals surface area contributed by atoms with Crippen molar-refractivity contribution in [2.24, 2.45) is 11.5 Å². The first kappa shape index (κ1) is 15.2. The van der Waals surface area contributed by atoms with Crippen molar-refractivity contribution >= 4 is 17.7 Å². The number of carbonyl (C=O) groups excluding carboxylic acids is 1. The normalized spacial score (nSPS) is 12.0. The van der Waals surface area contributed by atoms with Gasteiger partial charge in [-0.15, -0.1) is 0 Å². The predicted molar refractivity (Wildman–Crippen MR) is 79.5 cm³/mol. The summed E-state index contributed by atoms with van der Waals surface area (Å²) >= 11 is 5.79. The number of primary amides is 1. The Bertz CT molecular complexity index is 663. The molecule has 1 unspecified atom stereocenters. The van der Waals surface area contributed by atoms with Crippen molar-refractivity contribution in [1.82, 2.24) is 9.97 Å². The summed E-state index contributed by atoms with van der Waals surface area (Å²) < 4.78 is 4.98. The number of carbonyl (C=O) groups is 1. The highest BCUT2D eigenvalue weighted by Gasteiger charge is 2.14. The SMILES string of the molecule is CC(OC(N)=O)c1ccc(-c2ccnc(Cl)n2)cc1CN. The topological polar surface area (TPSA) is 104 Å². The zero-order chi connectivity index (χ0) is 15.4. The van der Waals surface area contributed by atoms with Gasteiger partial charge >= 0.3 is 6.09 Å². The maximum absolute atomic E-state index is 10.8. The minimum absolute atomic E-state index is 0.177. The average Bonchev–Trinajstić information content (AvgIpc) is 2.45. The second-order valence-corrected chi connectivity index (χ2v) is 4.75. The number of nitrogens with two attached hydrogens (primary N) is 2. The lowest BCUT2D eigenvalue weighted by Gasteiger charge is -2.16. The molecule has 110 valence electrons. The highest BCUT2D eigenvalue weighted by atomic mass is 35.5. The Labute approximate surface area is 127 Å². The number of aromatic nitrogens is 2. The third-order valence-corrected chi connectivity index (χ3v) is 3.20. The first-order valence-electron chi connectivity index (χ1n) is 6.29. The third-order valence-electron chi connectivity index (χ3n) is 3.02. The molecule has 6 nitrogen and oxygen atoms in total. The van der Waals surface area contributed by atoms with Gasteiger partial charge in [0.05, 0.1) is 5.69 Å². The van der Waals surface area contributed by atoms with Gasteiger partial charge in [-0.25, -0.2) is 14.8 Å². The van der Waals surface area contributed by atoms with E-state index in [1.807, 2.05) is 18.2 Å². The van der Waals surface area contributed by atoms with Crippen molar-refractivity contribution < 1.29 is 9.53 Å². The largest absolute Gasteiger partial charge is 0.442 e. The van der Waals surface area contributed by atoms with Crippen molar-refractivity contribution in [1.29, 1.82) is 0 Å². The molecule has 0 bridgehead atoms. The van der Waals surface area contributed by atoms with Gasteiger partial charge in [0.25, 0.3) is 0 Å². The maximum Gasteiger partial charge on any atom is 0.405 e. The Kier molecular flexibility index (Phi) is 4.72. The molecule has 0 aliphatic heterocycles. The van der Waals surface area contributed by atoms with E-state index in [1.165, 1.54) is 0 Å². The number of hydrogen-bond donors (Lipinski definition) is 2. The summed E-state index contributed by atoms with van der Waals surface area (Å²) in [5, 5.41) is 0.177. The van der Waals surface area contributed by atoms with Crippen LogP contribution in [0.15, 0.2) is 30.5 Å². The monoisotopic (exact) mass is 306 g/mol. The quantitative estimate of drug-likeness (QED) is 0.844. The molecule has 0 saturated carbocycles. The molecular weight excluding hydrogens is 292 g/mol. The van der Waals surface area contributed by atoms with E-state index in [1.54, 1.807) is 19.2 Å². The molecule has 1 aromatic heterocycles. The van der Waals surface area contributed by atoms with Crippen LogP contribution in [0.2, 0.25) is 5.28 Å². The summed E-state index contributed by atoms with van der Waals surface area (Å²) in [4.78, 5) is 18.8. The van der Waals surface area contributed by atoms with Crippen LogP contribution in [0.5, 0.6) is 0 Å². The van der Waals surface area contributed by atoms with Crippen molar-refractivity contribution in [3.63, 3.8) is 0 Å². The molecule has 0 aliphatic carbocycles. The highest BCUT2D eigenvalue weighted by Crippen LogP contribution is 2.26. The molecule has 4 N–H and O–H groups in total. The molecule has 0 saturated heterocycles. The van der Waals surface area contributed by atoms with Crippen LogP contribution in [0, 0.1) is 0 Å². The van der Waals surface area contributed by atoms with Gasteiger partial charge in [-0.05, 0) is 41.8 Å². The number of ether oxygens (including phenoxy) is 1. The van der Waals surface area contributed by atoms with Crippen molar-refractivity contribution in [2.45, 2.75) is 19.6 Å². The lowest BCUT2D eigenvalue weighted by atomic mass is 9.99. The second kappa shape index (κ2) is 6.51. The van der Waals surface area contributed by atoms with Gasteiger partial charge < -0.3 is 16.2 Å². The van der Waals surface area contributed by atoms with Crippen LogP contribution < -0.4 is 11.5 Å². The molecule has 1 aromatic carbocycles. The maximum atomic E-state index is 10.8. The lowest BCUT2D eigenvalue weighted by Crippen LogP contribution is -2.17. The summed E-state index contributed by atoms with van der Waals surface area (Å²) in [6.45, 7) is 2.04. The van der Waals surface area contributed by atoms with E-state index < -0.39 is 12.2 Å². The van der Waals surface area contributed by atoms with E-state index in [0.29, 0.717) is 12.2 Å². The molecule has 1 amide bonds. The van der Waals surface area contributed by atoms with Gasteiger partial charge in [-0.3, -0.25) is 0 Å². The number of halogens is 1. The van der Waals surface area contributed by atoms with E-state index in [0.717, 1.165) is 16.7 Å². The summed E-state index contributed by atoms with van der Waals surface area (Å²) in [6, 6.07) is 7.33. The Morgan fingerprint density at radius 1 is 1.43 bits per heavy atom. The van der Waals surface area contributed by atoms with Gasteiger partial charge in [-0.2, -0.15) is 0 Å². The summed E-state index contributed by atoms with van der Waals surface area (Å²) in [6.07, 6.45) is 0.292. The lowest BCUT2D eigenvalue weighted by molar-refractivity contribution is 0.116. The Hall–Kier alpha value is -2.18. The van der Waals surface area contributed by atoms with Gasteiger partial charge in [-0.1, -0.05) is 12.1 Å². The number of rotatable bonds is 4. The van der Waals surface area contributed by atoms with Gasteiger partial charge in [0, 0.05) is 18.3 Å². The van der Waals surface area contributed by atoms with Crippen molar-refractivity contribution in [3.8, 4) is 11.3 Å². The van der Waals surface area contributed by atoms with E-state index in [9.17, 15) is 4.79 Å². The molecule has 0 spiro atoms. The number of amides is 1. The Morgan fingerprint density at radius 3 is 2.81 bits per heavy atom. The molecule has 1 atom stereocenters. The zero-order valence-electron chi connectivity index (χ0n) is 11.4. The smallest absolute Gasteiger partial charge is 0.405 e. The number of nitrogens with zero attached hydrogens (tertiary/aromatic N) is 2. The van der Waals surface area contributed by atoms with Crippen LogP contribution in [-0.4, -0.2) is 16.1 Å². The molecule has 1 heterocycles. The van der Waals surface area contributed by atoms with Crippen LogP contribution in [0.25, 0.3) is 11.3 Å². The van der Waals surface area contributed by atoms with Crippen LogP contribution in [0.3, 0.4) is 0 Å². The van der Waals surface area contributed by atoms with E-state index in [-0.39, 0.29) is 5.28 Å². The summed E-state index contributed by atoms with van der Waals surface area (Å²) in [5.74, 6) is 0. The molecule has 2 rings (SSSR count). The van der Waals surface area contributed by atoms with Crippen LogP contribution in [0.4, 0.5) is 4.79 Å². The molecule has 21 heavy (non-hydrogen) atoms. The predicted octanol–water partition coefficient (Wildman–Crippen LogP) is 2.41. The van der Waals surface area contributed by atoms with Gasteiger partial charge in [0.1, 0.15) is 6.10 Å². The number of hydrogen-bond acceptors (Lipinski definition) is 5. The molecule has 0 fully saturated rings. The zero-order valence-corrected chi connectivity index (χ0v) is 12.2. The fourth-order valence-electron chi connectivity index (χ4n) is 2.07. The molecule has 7 heteroatoms. The van der Waals surface area contributed by atoms with Crippen LogP contribution in [0.1, 0.15) is 24.2 Å². The molecule has 0 radical (unpaired) electrons. The molecule has 0 aliphatic rings. The van der Waals surface area contributed by atoms with Crippen LogP contribution >= 0.6 is 11.6 Å². The van der Waals surface area contributed by atoms with Gasteiger partial charge in [0.15, 0.2) is 0 Å². The Morgan fingerprint density at radius 2 is 2.19 bits per heavy atom. The summed E-state index contributed by atoms with van der Waals surface area (Å²) in [5.41, 5.74) is 14.0. The first-order valence-corrected chi connectivity index (χ1v) is 6.67. The number of benzene rings is 1. The van der Waals surface area contributed by atoms with Crippen LogP contribution in [-0.2, 0) is 11.3 Å². The average molecular weight is 307 g/mol. The van der Waals surface area contributed by atoms with Crippen molar-refractivity contribution in [2.75, 3.05) is 0 Å². The summed E-state index contributed by atoms with van der Waals surface area (Å²) in [7, 11) is 0. The minimum Gasteiger partial charge on any atom is -0.442 e. The van der Waals surface area contributed by atoms with Gasteiger partial charge in [0.2, 0.25) is 5.28 Å². The molecule has 2 aromatic rings. The minimum atomic E-state index is -0.822. The standard InChI is InChI=1S/C14H15ClN4O2/c1-8(21-14(17)20)11-3-2-9(6-10(11)7-16)12-4-5-18-13(15)19-12/h2-6,8H,7,16H2,1H3,(H2,17,20). The van der Waals surface area contributed by atoms with E-state index >= 15 is 0 Å². The van der Waals surface area contributed by atoms with E-state index in [4.69, 9.17) is 27.8 Å². The third kappa shape index (κ3) is 3.68. The second-order valence-electron chi connectivity index (χ2n) is 4.41. The van der Waals surface area contributed by atoms with E-state index in [2.05, 4.69) is 9.97 Å². The highest BCUT2D eigenvalue weighted by molar-refractivity contribution is 6.28. The van der Waals surface area contributed by atoms with Crippen molar-refractivity contribution in [3.05, 3.63) is 46.9 Å². The fraction of sp³-hybridized carbons (Fsp3) is 0.214. The Balaban J connectivity index is 2.38. The molecular formula is C14H15ClN4O2. The fourth-order valence-corrected chi connectivity index (χ4v) is 2.22.